The molecule has 0 fully saturated rings. The van der Waals surface area contributed by atoms with Crippen LogP contribution in [0.3, 0.4) is 0 Å². The number of hydrogen-bond donors (Lipinski definition) is 0. The molecule has 0 heterocycles. The third kappa shape index (κ3) is 10.5. The Labute approximate surface area is 46.5 Å². The second-order valence-electron chi connectivity index (χ2n) is 0. The summed E-state index contributed by atoms with van der Waals surface area (Å²) in [5.74, 6) is 0. The molecule has 0 aromatic carbocycles. The van der Waals surface area contributed by atoms with Gasteiger partial charge in [0.15, 0.2) is 0 Å². The summed E-state index contributed by atoms with van der Waals surface area (Å²) in [6.07, 6.45) is 0. The molecule has 0 aromatic heterocycles. The first kappa shape index (κ1) is 59.7. The van der Waals surface area contributed by atoms with Crippen molar-refractivity contribution in [2.45, 2.75) is 0 Å². The van der Waals surface area contributed by atoms with E-state index in [4.69, 9.17) is 0 Å². The summed E-state index contributed by atoms with van der Waals surface area (Å²) in [5, 5.41) is 0. The quantitative estimate of drug-likeness (QED) is 0.324. The molecule has 2 unspecified atom stereocenters. The Morgan fingerprint density at radius 1 is 1.00 bits per heavy atom. The van der Waals surface area contributed by atoms with Crippen LogP contribution in [0.2, 0.25) is 0 Å². The van der Waals surface area contributed by atoms with E-state index in [2.05, 4.69) is 0 Å². The van der Waals surface area contributed by atoms with Gasteiger partial charge in [0, 0.05) is 0 Å². The van der Waals surface area contributed by atoms with Gasteiger partial charge < -0.3 is 0 Å². The van der Waals surface area contributed by atoms with Gasteiger partial charge in [0.1, 0.15) is 0 Å². The van der Waals surface area contributed by atoms with E-state index in [9.17, 15) is 0 Å². The van der Waals surface area contributed by atoms with Gasteiger partial charge in [0.05, 0.1) is 0 Å². The second-order valence-corrected chi connectivity index (χ2v) is 0. The van der Waals surface area contributed by atoms with E-state index >= 15 is 0 Å². The Bertz CT molecular complexity index is 8.00. The van der Waals surface area contributed by atoms with Gasteiger partial charge >= 0.3 is 18.0 Å². The van der Waals surface area contributed by atoms with Crippen LogP contribution in [0.15, 0.2) is 0 Å². The second kappa shape index (κ2) is 28.3. The molecule has 0 rings (SSSR count). The van der Waals surface area contributed by atoms with Crippen molar-refractivity contribution in [1.29, 1.82) is 0 Å². The summed E-state index contributed by atoms with van der Waals surface area (Å²) in [6, 6.07) is 0. The Hall–Kier alpha value is 1.27. The molecule has 0 saturated carbocycles. The Morgan fingerprint density at radius 3 is 1.00 bits per heavy atom. The summed E-state index contributed by atoms with van der Waals surface area (Å²) >= 11 is 0. The third-order valence-electron chi connectivity index (χ3n) is 0. The van der Waals surface area contributed by atoms with Crippen LogP contribution < -0.4 is 0 Å². The first-order valence-electron chi connectivity index (χ1n) is 0. The SMILES string of the molecule is F.P.S.[AsH3]. The fourth-order valence-corrected chi connectivity index (χ4v) is 0. The van der Waals surface area contributed by atoms with Crippen LogP contribution in [0.4, 0.5) is 4.70 Å². The van der Waals surface area contributed by atoms with Gasteiger partial charge in [-0.05, 0) is 0 Å². The first-order valence-corrected chi connectivity index (χ1v) is 0. The maximum atomic E-state index is 0. The van der Waals surface area contributed by atoms with Crippen molar-refractivity contribution in [3.05, 3.63) is 0 Å². The van der Waals surface area contributed by atoms with Crippen molar-refractivity contribution in [2.24, 2.45) is 0 Å². The maximum absolute atomic E-state index is 0. The molecule has 0 N–H and O–H groups in total. The topological polar surface area (TPSA) is 0 Å². The average Bonchev–Trinajstić information content (AvgIpc) is 0. The molecule has 4 heteroatoms. The molecule has 0 bridgehead atoms. The van der Waals surface area contributed by atoms with Gasteiger partial charge in [-0.1, -0.05) is 0 Å². The van der Waals surface area contributed by atoms with E-state index in [-0.39, 0.29) is 46.1 Å². The van der Waals surface area contributed by atoms with Gasteiger partial charge in [-0.2, -0.15) is 23.4 Å². The zero-order valence-corrected chi connectivity index (χ0v) is 7.70. The predicted octanol–water partition coefficient (Wildman–Crippen LogP) is -0.861. The first-order chi connectivity index (χ1) is 0. The molecule has 2 atom stereocenters. The van der Waals surface area contributed by atoms with Gasteiger partial charge in [0.25, 0.3) is 0 Å². The van der Waals surface area contributed by atoms with E-state index in [1.807, 2.05) is 0 Å². The minimum atomic E-state index is 0. The van der Waals surface area contributed by atoms with Crippen LogP contribution in [0, 0.1) is 0 Å². The van der Waals surface area contributed by atoms with Crippen molar-refractivity contribution in [3.8, 4) is 0 Å². The number of hydrogen-bond acceptors (Lipinski definition) is 0. The van der Waals surface area contributed by atoms with Crippen LogP contribution in [-0.2, 0) is 0 Å². The summed E-state index contributed by atoms with van der Waals surface area (Å²) < 4.78 is 0. The molecule has 0 aliphatic heterocycles. The van der Waals surface area contributed by atoms with Crippen molar-refractivity contribution >= 4 is 41.3 Å². The van der Waals surface area contributed by atoms with Gasteiger partial charge in [-0.25, -0.2) is 0 Å². The average molecular weight is 166 g/mol. The zero-order valence-electron chi connectivity index (χ0n) is 2.32. The van der Waals surface area contributed by atoms with Gasteiger partial charge in [-0.3, -0.25) is 4.70 Å². The molecule has 0 spiro atoms. The van der Waals surface area contributed by atoms with E-state index in [1.165, 1.54) is 0 Å². The number of halogens is 1. The van der Waals surface area contributed by atoms with Crippen LogP contribution in [-0.4, -0.2) is 18.0 Å². The fraction of sp³-hybridized carbons (Fsp3) is 0. The van der Waals surface area contributed by atoms with Crippen LogP contribution in [0.25, 0.3) is 0 Å². The molecule has 0 aromatic rings. The minimum absolute atomic E-state index is 0. The van der Waals surface area contributed by atoms with Crippen molar-refractivity contribution < 1.29 is 4.70 Å². The van der Waals surface area contributed by atoms with E-state index in [0.29, 0.717) is 0 Å². The number of rotatable bonds is 0. The van der Waals surface area contributed by atoms with E-state index < -0.39 is 0 Å². The van der Waals surface area contributed by atoms with Gasteiger partial charge in [-0.15, -0.1) is 0 Å². The molecule has 0 amide bonds. The fourth-order valence-electron chi connectivity index (χ4n) is 0. The molecular formula is H9AsFPS. The summed E-state index contributed by atoms with van der Waals surface area (Å²) in [6.45, 7) is 0. The molecular weight excluding hydrogens is 157 g/mol. The molecule has 4 heavy (non-hydrogen) atoms. The monoisotopic (exact) mass is 166 g/mol. The predicted molar refractivity (Wildman–Crippen MR) is 33.9 cm³/mol. The van der Waals surface area contributed by atoms with Crippen molar-refractivity contribution in [1.82, 2.24) is 0 Å². The molecule has 0 saturated heterocycles. The zero-order chi connectivity index (χ0) is 0. The normalized spacial score (nSPS) is 0. The molecule has 0 nitrogen and oxygen atoms in total. The molecule has 0 aliphatic rings. The Morgan fingerprint density at radius 2 is 1.00 bits per heavy atom. The van der Waals surface area contributed by atoms with E-state index in [1.54, 1.807) is 0 Å². The van der Waals surface area contributed by atoms with Crippen LogP contribution in [0.1, 0.15) is 0 Å². The van der Waals surface area contributed by atoms with Crippen molar-refractivity contribution in [3.63, 3.8) is 0 Å². The Kier molecular flexibility index (Phi) is 423. The summed E-state index contributed by atoms with van der Waals surface area (Å²) in [4.78, 5) is 0. The summed E-state index contributed by atoms with van der Waals surface area (Å²) in [7, 11) is 0. The van der Waals surface area contributed by atoms with E-state index in [0.717, 1.165) is 0 Å². The Balaban J connectivity index is 0. The molecule has 32 valence electrons. The van der Waals surface area contributed by atoms with Crippen molar-refractivity contribution in [2.75, 3.05) is 0 Å². The van der Waals surface area contributed by atoms with Crippen LogP contribution in [0.5, 0.6) is 0 Å². The molecule has 0 radical (unpaired) electrons. The summed E-state index contributed by atoms with van der Waals surface area (Å²) in [5.41, 5.74) is 0. The molecule has 0 aliphatic carbocycles. The third-order valence-corrected chi connectivity index (χ3v) is 0. The van der Waals surface area contributed by atoms with Gasteiger partial charge in [0.2, 0.25) is 0 Å². The van der Waals surface area contributed by atoms with Crippen LogP contribution >= 0.6 is 23.4 Å². The standard InChI is InChI=1S/AsH3.FH.H3P.H2S/h1H3;1H;1H3;1H2.